The lowest BCUT2D eigenvalue weighted by molar-refractivity contribution is 0.447. The summed E-state index contributed by atoms with van der Waals surface area (Å²) < 4.78 is 0. The number of aromatic nitrogens is 3. The van der Waals surface area contributed by atoms with Crippen LogP contribution in [-0.4, -0.2) is 41.1 Å². The van der Waals surface area contributed by atoms with E-state index in [4.69, 9.17) is 21.6 Å². The molecule has 0 amide bonds. The average Bonchev–Trinajstić information content (AvgIpc) is 2.74. The Kier molecular flexibility index (Phi) is 5.32. The third-order valence-electron chi connectivity index (χ3n) is 4.93. The lowest BCUT2D eigenvalue weighted by Crippen LogP contribution is -2.44. The molecule has 0 radical (unpaired) electrons. The lowest BCUT2D eigenvalue weighted by Gasteiger charge is -2.33. The molecule has 1 N–H and O–H groups in total. The van der Waals surface area contributed by atoms with Gasteiger partial charge in [0.2, 0.25) is 0 Å². The molecule has 5 nitrogen and oxygen atoms in total. The molecular weight excluding hydrogens is 358 g/mol. The molecule has 0 spiro atoms. The SMILES string of the molecule is CN[C@H]1CCCN(c2cc(-c3ccc(Cl)cc3)nc(-c3cccnc3)n2)C1. The number of benzene rings is 1. The van der Waals surface area contributed by atoms with Crippen molar-refractivity contribution in [3.8, 4) is 22.6 Å². The summed E-state index contributed by atoms with van der Waals surface area (Å²) in [6.45, 7) is 1.95. The largest absolute Gasteiger partial charge is 0.355 e. The van der Waals surface area contributed by atoms with Gasteiger partial charge in [0.15, 0.2) is 5.82 Å². The van der Waals surface area contributed by atoms with Gasteiger partial charge in [0.25, 0.3) is 0 Å². The van der Waals surface area contributed by atoms with Gasteiger partial charge < -0.3 is 10.2 Å². The van der Waals surface area contributed by atoms with E-state index in [0.29, 0.717) is 16.9 Å². The fourth-order valence-corrected chi connectivity index (χ4v) is 3.54. The molecule has 3 heterocycles. The second-order valence-electron chi connectivity index (χ2n) is 6.76. The number of halogens is 1. The Morgan fingerprint density at radius 2 is 1.96 bits per heavy atom. The Hall–Kier alpha value is -2.50. The number of hydrogen-bond donors (Lipinski definition) is 1. The first kappa shape index (κ1) is 17.9. The molecule has 1 fully saturated rings. The standard InChI is InChI=1S/C21H22ClN5/c1-23-18-5-3-11-27(14-18)20-12-19(15-6-8-17(22)9-7-15)25-21(26-20)16-4-2-10-24-13-16/h2,4,6-10,12-13,18,23H,3,5,11,14H2,1H3/t18-/m0/s1. The maximum absolute atomic E-state index is 6.06. The van der Waals surface area contributed by atoms with Crippen molar-refractivity contribution in [3.05, 3.63) is 59.9 Å². The number of pyridine rings is 1. The van der Waals surface area contributed by atoms with E-state index in [1.54, 1.807) is 12.4 Å². The molecule has 27 heavy (non-hydrogen) atoms. The third kappa shape index (κ3) is 4.10. The fourth-order valence-electron chi connectivity index (χ4n) is 3.41. The van der Waals surface area contributed by atoms with Crippen LogP contribution in [-0.2, 0) is 0 Å². The van der Waals surface area contributed by atoms with E-state index >= 15 is 0 Å². The van der Waals surface area contributed by atoms with Crippen LogP contribution in [0.5, 0.6) is 0 Å². The summed E-state index contributed by atoms with van der Waals surface area (Å²) in [7, 11) is 2.02. The van der Waals surface area contributed by atoms with Crippen LogP contribution in [0.3, 0.4) is 0 Å². The second-order valence-corrected chi connectivity index (χ2v) is 7.19. The van der Waals surface area contributed by atoms with Crippen molar-refractivity contribution in [3.63, 3.8) is 0 Å². The van der Waals surface area contributed by atoms with Crippen LogP contribution in [0.15, 0.2) is 54.9 Å². The number of anilines is 1. The van der Waals surface area contributed by atoms with Crippen LogP contribution in [0.25, 0.3) is 22.6 Å². The van der Waals surface area contributed by atoms with E-state index in [9.17, 15) is 0 Å². The quantitative estimate of drug-likeness (QED) is 0.741. The van der Waals surface area contributed by atoms with E-state index < -0.39 is 0 Å². The Morgan fingerprint density at radius 1 is 1.11 bits per heavy atom. The molecule has 0 saturated carbocycles. The highest BCUT2D eigenvalue weighted by Crippen LogP contribution is 2.28. The van der Waals surface area contributed by atoms with E-state index in [-0.39, 0.29) is 0 Å². The van der Waals surface area contributed by atoms with E-state index in [1.165, 1.54) is 6.42 Å². The van der Waals surface area contributed by atoms with Gasteiger partial charge in [-0.3, -0.25) is 4.98 Å². The van der Waals surface area contributed by atoms with E-state index in [0.717, 1.165) is 42.1 Å². The van der Waals surface area contributed by atoms with Gasteiger partial charge in [-0.2, -0.15) is 0 Å². The van der Waals surface area contributed by atoms with E-state index in [1.807, 2.05) is 43.4 Å². The molecule has 1 atom stereocenters. The summed E-state index contributed by atoms with van der Waals surface area (Å²) >= 11 is 6.06. The molecule has 0 bridgehead atoms. The Bertz CT molecular complexity index is 898. The van der Waals surface area contributed by atoms with Crippen molar-refractivity contribution in [1.82, 2.24) is 20.3 Å². The van der Waals surface area contributed by atoms with Gasteiger partial charge in [-0.1, -0.05) is 23.7 Å². The highest BCUT2D eigenvalue weighted by Gasteiger charge is 2.21. The molecule has 1 aliphatic rings. The Balaban J connectivity index is 1.78. The average molecular weight is 380 g/mol. The minimum Gasteiger partial charge on any atom is -0.355 e. The zero-order valence-corrected chi connectivity index (χ0v) is 16.0. The van der Waals surface area contributed by atoms with Crippen LogP contribution in [0, 0.1) is 0 Å². The second kappa shape index (κ2) is 8.03. The number of rotatable bonds is 4. The molecule has 0 aliphatic carbocycles. The minimum atomic E-state index is 0.481. The Morgan fingerprint density at radius 3 is 2.70 bits per heavy atom. The van der Waals surface area contributed by atoms with Crippen LogP contribution in [0.1, 0.15) is 12.8 Å². The Labute approximate surface area is 164 Å². The van der Waals surface area contributed by atoms with Crippen LogP contribution < -0.4 is 10.2 Å². The maximum Gasteiger partial charge on any atom is 0.163 e. The normalized spacial score (nSPS) is 17.1. The van der Waals surface area contributed by atoms with E-state index in [2.05, 4.69) is 21.3 Å². The van der Waals surface area contributed by atoms with Gasteiger partial charge in [0.05, 0.1) is 5.69 Å². The van der Waals surface area contributed by atoms with Crippen molar-refractivity contribution in [1.29, 1.82) is 0 Å². The summed E-state index contributed by atoms with van der Waals surface area (Å²) in [6.07, 6.45) is 5.90. The predicted octanol–water partition coefficient (Wildman–Crippen LogP) is 4.05. The first-order chi connectivity index (χ1) is 13.2. The highest BCUT2D eigenvalue weighted by molar-refractivity contribution is 6.30. The molecule has 138 valence electrons. The van der Waals surface area contributed by atoms with Gasteiger partial charge >= 0.3 is 0 Å². The molecule has 2 aromatic heterocycles. The molecule has 6 heteroatoms. The number of piperidine rings is 1. The molecule has 4 rings (SSSR count). The smallest absolute Gasteiger partial charge is 0.163 e. The van der Waals surface area contributed by atoms with Crippen LogP contribution in [0.4, 0.5) is 5.82 Å². The fraction of sp³-hybridized carbons (Fsp3) is 0.286. The van der Waals surface area contributed by atoms with Crippen molar-refractivity contribution in [2.45, 2.75) is 18.9 Å². The monoisotopic (exact) mass is 379 g/mol. The van der Waals surface area contributed by atoms with Crippen molar-refractivity contribution < 1.29 is 0 Å². The first-order valence-electron chi connectivity index (χ1n) is 9.20. The van der Waals surface area contributed by atoms with Gasteiger partial charge in [0, 0.05) is 53.7 Å². The highest BCUT2D eigenvalue weighted by atomic mass is 35.5. The number of nitrogens with one attached hydrogen (secondary N) is 1. The zero-order chi connectivity index (χ0) is 18.6. The van der Waals surface area contributed by atoms with Crippen molar-refractivity contribution >= 4 is 17.4 Å². The van der Waals surface area contributed by atoms with Gasteiger partial charge in [-0.15, -0.1) is 0 Å². The summed E-state index contributed by atoms with van der Waals surface area (Å²) in [4.78, 5) is 16.2. The molecule has 1 aliphatic heterocycles. The summed E-state index contributed by atoms with van der Waals surface area (Å²) in [6, 6.07) is 14.2. The maximum atomic E-state index is 6.06. The lowest BCUT2D eigenvalue weighted by atomic mass is 10.1. The number of hydrogen-bond acceptors (Lipinski definition) is 5. The van der Waals surface area contributed by atoms with Crippen LogP contribution in [0.2, 0.25) is 5.02 Å². The van der Waals surface area contributed by atoms with Gasteiger partial charge in [-0.05, 0) is 44.2 Å². The number of nitrogens with zero attached hydrogens (tertiary/aromatic N) is 4. The minimum absolute atomic E-state index is 0.481. The van der Waals surface area contributed by atoms with Gasteiger partial charge in [-0.25, -0.2) is 9.97 Å². The first-order valence-corrected chi connectivity index (χ1v) is 9.58. The summed E-state index contributed by atoms with van der Waals surface area (Å²) in [5, 5.41) is 4.11. The molecular formula is C21H22ClN5. The third-order valence-corrected chi connectivity index (χ3v) is 5.18. The predicted molar refractivity (Wildman–Crippen MR) is 110 cm³/mol. The molecule has 3 aromatic rings. The number of likely N-dealkylation sites (N-methyl/N-ethyl adjacent to an activating group) is 1. The zero-order valence-electron chi connectivity index (χ0n) is 15.3. The van der Waals surface area contributed by atoms with Gasteiger partial charge in [0.1, 0.15) is 5.82 Å². The van der Waals surface area contributed by atoms with Crippen LogP contribution >= 0.6 is 11.6 Å². The summed E-state index contributed by atoms with van der Waals surface area (Å²) in [5.74, 6) is 1.64. The topological polar surface area (TPSA) is 53.9 Å². The molecule has 1 saturated heterocycles. The summed E-state index contributed by atoms with van der Waals surface area (Å²) in [5.41, 5.74) is 2.83. The van der Waals surface area contributed by atoms with Crippen molar-refractivity contribution in [2.75, 3.05) is 25.0 Å². The molecule has 1 aromatic carbocycles. The molecule has 0 unspecified atom stereocenters. The van der Waals surface area contributed by atoms with Crippen molar-refractivity contribution in [2.24, 2.45) is 0 Å².